The highest BCUT2D eigenvalue weighted by Gasteiger charge is 2.14. The van der Waals surface area contributed by atoms with Crippen LogP contribution in [0.5, 0.6) is 0 Å². The molecule has 2 heterocycles. The Balaban J connectivity index is 2.52. The van der Waals surface area contributed by atoms with Gasteiger partial charge in [0.15, 0.2) is 11.6 Å². The lowest BCUT2D eigenvalue weighted by Gasteiger charge is -1.93. The Morgan fingerprint density at radius 2 is 2.38 bits per heavy atom. The lowest BCUT2D eigenvalue weighted by Crippen LogP contribution is -1.90. The van der Waals surface area contributed by atoms with Crippen molar-refractivity contribution in [3.63, 3.8) is 0 Å². The maximum atomic E-state index is 5.62. The maximum absolute atomic E-state index is 5.62. The molecule has 2 rings (SSSR count). The Hall–Kier alpha value is -1.71. The third-order valence-corrected chi connectivity index (χ3v) is 1.96. The first-order chi connectivity index (χ1) is 6.33. The Labute approximate surface area is 75.3 Å². The Morgan fingerprint density at radius 3 is 3.00 bits per heavy atom. The quantitative estimate of drug-likeness (QED) is 0.764. The number of nitrogens with zero attached hydrogens (tertiary/aromatic N) is 1. The minimum Gasteiger partial charge on any atom is -0.472 e. The molecule has 0 aliphatic rings. The third kappa shape index (κ3) is 1.20. The molecule has 0 saturated carbocycles. The highest BCUT2D eigenvalue weighted by molar-refractivity contribution is 5.64. The van der Waals surface area contributed by atoms with Crippen LogP contribution in [0.3, 0.4) is 0 Å². The van der Waals surface area contributed by atoms with Crippen LogP contribution in [0.25, 0.3) is 11.3 Å². The standard InChI is InChI=1S/C9H10N2O2/c1-2-7-8(13-11-9(7)10)6-3-4-12-5-6/h3-5H,2H2,1H3,(H2,10,11). The molecule has 4 heteroatoms. The summed E-state index contributed by atoms with van der Waals surface area (Å²) in [5, 5.41) is 3.70. The van der Waals surface area contributed by atoms with E-state index in [0.29, 0.717) is 11.6 Å². The predicted molar refractivity (Wildman–Crippen MR) is 48.0 cm³/mol. The van der Waals surface area contributed by atoms with E-state index in [4.69, 9.17) is 14.7 Å². The summed E-state index contributed by atoms with van der Waals surface area (Å²) in [6.45, 7) is 2.01. The second kappa shape index (κ2) is 2.97. The van der Waals surface area contributed by atoms with Gasteiger partial charge in [0.25, 0.3) is 0 Å². The summed E-state index contributed by atoms with van der Waals surface area (Å²) in [5.41, 5.74) is 7.43. The SMILES string of the molecule is CCc1c(N)noc1-c1ccoc1. The molecule has 0 amide bonds. The summed E-state index contributed by atoms with van der Waals surface area (Å²) in [7, 11) is 0. The predicted octanol–water partition coefficient (Wildman–Crippen LogP) is 2.08. The van der Waals surface area contributed by atoms with Crippen molar-refractivity contribution in [3.8, 4) is 11.3 Å². The number of nitrogen functional groups attached to an aromatic ring is 1. The van der Waals surface area contributed by atoms with E-state index in [1.165, 1.54) is 0 Å². The van der Waals surface area contributed by atoms with Gasteiger partial charge in [-0.2, -0.15) is 0 Å². The fraction of sp³-hybridized carbons (Fsp3) is 0.222. The fourth-order valence-electron chi connectivity index (χ4n) is 1.28. The van der Waals surface area contributed by atoms with Crippen LogP contribution in [-0.4, -0.2) is 5.16 Å². The smallest absolute Gasteiger partial charge is 0.175 e. The van der Waals surface area contributed by atoms with Gasteiger partial charge in [0, 0.05) is 5.56 Å². The van der Waals surface area contributed by atoms with Gasteiger partial charge in [0.1, 0.15) is 6.26 Å². The van der Waals surface area contributed by atoms with Gasteiger partial charge in [0.05, 0.1) is 11.8 Å². The zero-order valence-corrected chi connectivity index (χ0v) is 7.28. The van der Waals surface area contributed by atoms with Crippen LogP contribution in [0.1, 0.15) is 12.5 Å². The van der Waals surface area contributed by atoms with Crippen LogP contribution in [0.15, 0.2) is 27.5 Å². The summed E-state index contributed by atoms with van der Waals surface area (Å²) >= 11 is 0. The van der Waals surface area contributed by atoms with Crippen LogP contribution < -0.4 is 5.73 Å². The topological polar surface area (TPSA) is 65.2 Å². The Kier molecular flexibility index (Phi) is 1.81. The third-order valence-electron chi connectivity index (χ3n) is 1.96. The molecule has 0 radical (unpaired) electrons. The number of rotatable bonds is 2. The van der Waals surface area contributed by atoms with E-state index in [1.807, 2.05) is 13.0 Å². The highest BCUT2D eigenvalue weighted by Crippen LogP contribution is 2.28. The van der Waals surface area contributed by atoms with Crippen molar-refractivity contribution < 1.29 is 8.94 Å². The fourth-order valence-corrected chi connectivity index (χ4v) is 1.28. The number of nitrogens with two attached hydrogens (primary N) is 1. The van der Waals surface area contributed by atoms with Crippen molar-refractivity contribution in [1.29, 1.82) is 0 Å². The monoisotopic (exact) mass is 178 g/mol. The number of hydrogen-bond acceptors (Lipinski definition) is 4. The van der Waals surface area contributed by atoms with Crippen molar-refractivity contribution in [2.75, 3.05) is 5.73 Å². The second-order valence-electron chi connectivity index (χ2n) is 2.74. The lowest BCUT2D eigenvalue weighted by molar-refractivity contribution is 0.434. The molecule has 4 nitrogen and oxygen atoms in total. The van der Waals surface area contributed by atoms with Gasteiger partial charge in [-0.25, -0.2) is 0 Å². The van der Waals surface area contributed by atoms with Gasteiger partial charge in [-0.15, -0.1) is 0 Å². The van der Waals surface area contributed by atoms with Crippen molar-refractivity contribution in [2.24, 2.45) is 0 Å². The molecule has 0 fully saturated rings. The van der Waals surface area contributed by atoms with E-state index < -0.39 is 0 Å². The van der Waals surface area contributed by atoms with Crippen LogP contribution in [-0.2, 0) is 6.42 Å². The van der Waals surface area contributed by atoms with Crippen molar-refractivity contribution in [1.82, 2.24) is 5.16 Å². The molecule has 0 unspecified atom stereocenters. The molecular weight excluding hydrogens is 168 g/mol. The average Bonchev–Trinajstić information content (AvgIpc) is 2.71. The zero-order valence-electron chi connectivity index (χ0n) is 7.28. The average molecular weight is 178 g/mol. The number of anilines is 1. The highest BCUT2D eigenvalue weighted by atomic mass is 16.5. The molecule has 0 aliphatic heterocycles. The molecule has 13 heavy (non-hydrogen) atoms. The molecule has 2 aromatic heterocycles. The summed E-state index contributed by atoms with van der Waals surface area (Å²) in [6.07, 6.45) is 4.00. The molecule has 0 aliphatic carbocycles. The van der Waals surface area contributed by atoms with E-state index >= 15 is 0 Å². The van der Waals surface area contributed by atoms with E-state index in [9.17, 15) is 0 Å². The largest absolute Gasteiger partial charge is 0.472 e. The molecule has 68 valence electrons. The molecular formula is C9H10N2O2. The summed E-state index contributed by atoms with van der Waals surface area (Å²) < 4.78 is 10.0. The van der Waals surface area contributed by atoms with Crippen LogP contribution >= 0.6 is 0 Å². The molecule has 0 saturated heterocycles. The Bertz CT molecular complexity index is 390. The number of furan rings is 1. The van der Waals surface area contributed by atoms with Gasteiger partial charge in [-0.1, -0.05) is 12.1 Å². The van der Waals surface area contributed by atoms with E-state index in [1.54, 1.807) is 12.5 Å². The van der Waals surface area contributed by atoms with Crippen molar-refractivity contribution in [2.45, 2.75) is 13.3 Å². The number of hydrogen-bond donors (Lipinski definition) is 1. The lowest BCUT2D eigenvalue weighted by atomic mass is 10.1. The summed E-state index contributed by atoms with van der Waals surface area (Å²) in [6, 6.07) is 1.82. The van der Waals surface area contributed by atoms with Gasteiger partial charge in [-0.3, -0.25) is 0 Å². The van der Waals surface area contributed by atoms with Gasteiger partial charge < -0.3 is 14.7 Å². The van der Waals surface area contributed by atoms with E-state index in [0.717, 1.165) is 17.5 Å². The minimum absolute atomic E-state index is 0.457. The first-order valence-electron chi connectivity index (χ1n) is 4.09. The second-order valence-corrected chi connectivity index (χ2v) is 2.74. The molecule has 2 aromatic rings. The summed E-state index contributed by atoms with van der Waals surface area (Å²) in [5.74, 6) is 1.16. The summed E-state index contributed by atoms with van der Waals surface area (Å²) in [4.78, 5) is 0. The Morgan fingerprint density at radius 1 is 1.54 bits per heavy atom. The van der Waals surface area contributed by atoms with Gasteiger partial charge >= 0.3 is 0 Å². The van der Waals surface area contributed by atoms with Crippen LogP contribution in [0.2, 0.25) is 0 Å². The van der Waals surface area contributed by atoms with Crippen molar-refractivity contribution in [3.05, 3.63) is 24.2 Å². The molecule has 0 atom stereocenters. The molecule has 0 aromatic carbocycles. The van der Waals surface area contributed by atoms with Crippen LogP contribution in [0, 0.1) is 0 Å². The maximum Gasteiger partial charge on any atom is 0.175 e. The van der Waals surface area contributed by atoms with Crippen molar-refractivity contribution >= 4 is 5.82 Å². The molecule has 2 N–H and O–H groups in total. The van der Waals surface area contributed by atoms with Gasteiger partial charge in [0.2, 0.25) is 0 Å². The normalized spacial score (nSPS) is 10.5. The first-order valence-corrected chi connectivity index (χ1v) is 4.09. The minimum atomic E-state index is 0.457. The van der Waals surface area contributed by atoms with Gasteiger partial charge in [-0.05, 0) is 12.5 Å². The molecule has 0 bridgehead atoms. The zero-order chi connectivity index (χ0) is 9.26. The first kappa shape index (κ1) is 7.91. The van der Waals surface area contributed by atoms with Crippen LogP contribution in [0.4, 0.5) is 5.82 Å². The molecule has 0 spiro atoms. The van der Waals surface area contributed by atoms with E-state index in [2.05, 4.69) is 5.16 Å². The van der Waals surface area contributed by atoms with E-state index in [-0.39, 0.29) is 0 Å². The number of aromatic nitrogens is 1.